The highest BCUT2D eigenvalue weighted by molar-refractivity contribution is 9.10. The number of phenolic OH excluding ortho intramolecular Hbond substituents is 1. The summed E-state index contributed by atoms with van der Waals surface area (Å²) in [4.78, 5) is 12.7. The van der Waals surface area contributed by atoms with Gasteiger partial charge in [-0.05, 0) is 41.2 Å². The Morgan fingerprint density at radius 3 is 2.58 bits per heavy atom. The van der Waals surface area contributed by atoms with Crippen molar-refractivity contribution >= 4 is 52.4 Å². The molecule has 0 radical (unpaired) electrons. The van der Waals surface area contributed by atoms with E-state index in [1.807, 2.05) is 36.4 Å². The molecule has 3 aromatic rings. The monoisotopic (exact) mass is 427 g/mol. The molecule has 2 N–H and O–H groups in total. The van der Waals surface area contributed by atoms with Gasteiger partial charge in [-0.1, -0.05) is 70.0 Å². The second kappa shape index (κ2) is 7.98. The van der Waals surface area contributed by atoms with Crippen molar-refractivity contribution in [1.82, 2.24) is 0 Å². The minimum atomic E-state index is -0.386. The molecule has 0 aromatic heterocycles. The normalized spacial score (nSPS) is 10.5. The third-order valence-electron chi connectivity index (χ3n) is 4.07. The molecular formula is C20H16BBrClNO2. The van der Waals surface area contributed by atoms with E-state index in [0.29, 0.717) is 22.6 Å². The summed E-state index contributed by atoms with van der Waals surface area (Å²) in [6.07, 6.45) is 0.664. The predicted molar refractivity (Wildman–Crippen MR) is 113 cm³/mol. The molecule has 0 saturated heterocycles. The zero-order chi connectivity index (χ0) is 18.7. The van der Waals surface area contributed by atoms with E-state index in [4.69, 9.17) is 11.6 Å². The number of halogens is 2. The summed E-state index contributed by atoms with van der Waals surface area (Å²) in [5, 5.41) is 13.6. The number of hydrogen-bond acceptors (Lipinski definition) is 2. The van der Waals surface area contributed by atoms with Crippen LogP contribution in [0.5, 0.6) is 5.75 Å². The SMILES string of the molecule is Bc1cc(Br)cc(C(=O)Nc2cc(Cl)ccc2Cc2ccccc2)c1O. The molecule has 0 atom stereocenters. The Labute approximate surface area is 166 Å². The molecule has 1 amide bonds. The zero-order valence-electron chi connectivity index (χ0n) is 14.1. The van der Waals surface area contributed by atoms with Gasteiger partial charge in [0.2, 0.25) is 0 Å². The molecule has 130 valence electrons. The highest BCUT2D eigenvalue weighted by Gasteiger charge is 2.16. The number of anilines is 1. The van der Waals surface area contributed by atoms with Gasteiger partial charge in [0.05, 0.1) is 5.56 Å². The molecule has 0 saturated carbocycles. The lowest BCUT2D eigenvalue weighted by molar-refractivity contribution is 0.102. The summed E-state index contributed by atoms with van der Waals surface area (Å²) in [5.41, 5.74) is 3.54. The molecule has 6 heteroatoms. The molecule has 0 bridgehead atoms. The van der Waals surface area contributed by atoms with Crippen molar-refractivity contribution in [2.75, 3.05) is 5.32 Å². The maximum absolute atomic E-state index is 12.7. The quantitative estimate of drug-likeness (QED) is 0.619. The van der Waals surface area contributed by atoms with E-state index < -0.39 is 0 Å². The molecule has 0 aliphatic heterocycles. The Morgan fingerprint density at radius 2 is 1.85 bits per heavy atom. The molecule has 3 nitrogen and oxygen atoms in total. The third-order valence-corrected chi connectivity index (χ3v) is 4.76. The fourth-order valence-electron chi connectivity index (χ4n) is 2.73. The molecule has 0 aliphatic carbocycles. The zero-order valence-corrected chi connectivity index (χ0v) is 16.4. The van der Waals surface area contributed by atoms with E-state index in [9.17, 15) is 9.90 Å². The summed E-state index contributed by atoms with van der Waals surface area (Å²) in [6.45, 7) is 0. The molecule has 0 spiro atoms. The van der Waals surface area contributed by atoms with Crippen molar-refractivity contribution in [3.8, 4) is 5.75 Å². The average Bonchev–Trinajstić information content (AvgIpc) is 2.61. The van der Waals surface area contributed by atoms with Crippen molar-refractivity contribution in [1.29, 1.82) is 0 Å². The van der Waals surface area contributed by atoms with Crippen molar-refractivity contribution in [2.45, 2.75) is 6.42 Å². The second-order valence-electron chi connectivity index (χ2n) is 6.04. The van der Waals surface area contributed by atoms with Gasteiger partial charge in [0.25, 0.3) is 5.91 Å². The van der Waals surface area contributed by atoms with Crippen LogP contribution in [0.2, 0.25) is 5.02 Å². The number of carbonyl (C=O) groups excluding carboxylic acids is 1. The Morgan fingerprint density at radius 1 is 1.12 bits per heavy atom. The van der Waals surface area contributed by atoms with Crippen LogP contribution in [0, 0.1) is 0 Å². The van der Waals surface area contributed by atoms with Crippen molar-refractivity contribution in [2.24, 2.45) is 0 Å². The first kappa shape index (κ1) is 18.6. The molecule has 3 rings (SSSR count). The molecule has 3 aromatic carbocycles. The van der Waals surface area contributed by atoms with Gasteiger partial charge in [-0.25, -0.2) is 0 Å². The Bertz CT molecular complexity index is 964. The van der Waals surface area contributed by atoms with Gasteiger partial charge in [-0.3, -0.25) is 4.79 Å². The maximum Gasteiger partial charge on any atom is 0.259 e. The van der Waals surface area contributed by atoms with E-state index in [-0.39, 0.29) is 17.2 Å². The van der Waals surface area contributed by atoms with Crippen LogP contribution in [0.25, 0.3) is 0 Å². The Hall–Kier alpha value is -2.24. The fraction of sp³-hybridized carbons (Fsp3) is 0.0500. The van der Waals surface area contributed by atoms with Crippen molar-refractivity contribution in [3.05, 3.63) is 86.8 Å². The number of phenols is 1. The largest absolute Gasteiger partial charge is 0.508 e. The summed E-state index contributed by atoms with van der Waals surface area (Å²) in [7, 11) is 1.75. The van der Waals surface area contributed by atoms with Gasteiger partial charge >= 0.3 is 0 Å². The lowest BCUT2D eigenvalue weighted by Gasteiger charge is -2.14. The minimum Gasteiger partial charge on any atom is -0.508 e. The summed E-state index contributed by atoms with van der Waals surface area (Å²) in [5.74, 6) is -0.416. The molecule has 26 heavy (non-hydrogen) atoms. The van der Waals surface area contributed by atoms with Gasteiger partial charge in [0.1, 0.15) is 13.6 Å². The number of nitrogens with one attached hydrogen (secondary N) is 1. The molecule has 0 fully saturated rings. The van der Waals surface area contributed by atoms with Crippen LogP contribution in [0.4, 0.5) is 5.69 Å². The molecule has 0 unspecified atom stereocenters. The van der Waals surface area contributed by atoms with Gasteiger partial charge in [0, 0.05) is 15.2 Å². The first-order chi connectivity index (χ1) is 12.4. The van der Waals surface area contributed by atoms with E-state index in [2.05, 4.69) is 21.2 Å². The van der Waals surface area contributed by atoms with E-state index in [0.717, 1.165) is 15.6 Å². The summed E-state index contributed by atoms with van der Waals surface area (Å²) < 4.78 is 0.730. The highest BCUT2D eigenvalue weighted by atomic mass is 79.9. The number of hydrogen-bond donors (Lipinski definition) is 2. The maximum atomic E-state index is 12.7. The van der Waals surface area contributed by atoms with Crippen molar-refractivity contribution < 1.29 is 9.90 Å². The van der Waals surface area contributed by atoms with Crippen LogP contribution in [0.15, 0.2) is 65.1 Å². The lowest BCUT2D eigenvalue weighted by Crippen LogP contribution is -2.17. The fourth-order valence-corrected chi connectivity index (χ4v) is 3.48. The van der Waals surface area contributed by atoms with Gasteiger partial charge in [-0.15, -0.1) is 0 Å². The summed E-state index contributed by atoms with van der Waals surface area (Å²) >= 11 is 9.48. The Kier molecular flexibility index (Phi) is 5.69. The van der Waals surface area contributed by atoms with Crippen LogP contribution in [-0.4, -0.2) is 18.9 Å². The number of carbonyl (C=O) groups is 1. The Balaban J connectivity index is 1.92. The van der Waals surface area contributed by atoms with Crippen LogP contribution in [-0.2, 0) is 6.42 Å². The predicted octanol–water partition coefficient (Wildman–Crippen LogP) is 3.91. The van der Waals surface area contributed by atoms with Crippen LogP contribution >= 0.6 is 27.5 Å². The van der Waals surface area contributed by atoms with Gasteiger partial charge < -0.3 is 10.4 Å². The first-order valence-corrected chi connectivity index (χ1v) is 9.24. The number of amides is 1. The van der Waals surface area contributed by atoms with E-state index in [1.165, 1.54) is 0 Å². The lowest BCUT2D eigenvalue weighted by atomic mass is 9.92. The van der Waals surface area contributed by atoms with Gasteiger partial charge in [-0.2, -0.15) is 0 Å². The standard InChI is InChI=1S/C20H16BBrClNO2/c21-17-10-14(22)9-16(19(17)25)20(26)24-18-11-15(23)7-6-13(18)8-12-4-2-1-3-5-12/h1-7,9-11,25H,8,21H2,(H,24,26). The second-order valence-corrected chi connectivity index (χ2v) is 7.39. The van der Waals surface area contributed by atoms with Crippen LogP contribution in [0.3, 0.4) is 0 Å². The van der Waals surface area contributed by atoms with Crippen LogP contribution < -0.4 is 10.8 Å². The summed E-state index contributed by atoms with van der Waals surface area (Å²) in [6, 6.07) is 18.8. The highest BCUT2D eigenvalue weighted by Crippen LogP contribution is 2.26. The minimum absolute atomic E-state index is 0.0302. The number of benzene rings is 3. The third kappa shape index (κ3) is 4.29. The van der Waals surface area contributed by atoms with E-state index >= 15 is 0 Å². The average molecular weight is 429 g/mol. The van der Waals surface area contributed by atoms with Crippen LogP contribution in [0.1, 0.15) is 21.5 Å². The molecule has 0 heterocycles. The topological polar surface area (TPSA) is 49.3 Å². The molecular weight excluding hydrogens is 412 g/mol. The van der Waals surface area contributed by atoms with Gasteiger partial charge in [0.15, 0.2) is 0 Å². The smallest absolute Gasteiger partial charge is 0.259 e. The first-order valence-electron chi connectivity index (χ1n) is 8.07. The van der Waals surface area contributed by atoms with Crippen molar-refractivity contribution in [3.63, 3.8) is 0 Å². The number of rotatable bonds is 4. The number of aromatic hydroxyl groups is 1. The van der Waals surface area contributed by atoms with E-state index in [1.54, 1.807) is 32.1 Å². The molecule has 0 aliphatic rings.